The van der Waals surface area contributed by atoms with Gasteiger partial charge in [-0.25, -0.2) is 0 Å². The molecule has 2 rings (SSSR count). The minimum absolute atomic E-state index is 0.0784. The molecule has 1 aromatic heterocycles. The number of ether oxygens (including phenoxy) is 1. The summed E-state index contributed by atoms with van der Waals surface area (Å²) in [6.07, 6.45) is 3.39. The first-order valence-electron chi connectivity index (χ1n) is 8.08. The van der Waals surface area contributed by atoms with Crippen molar-refractivity contribution in [1.82, 2.24) is 20.0 Å². The second-order valence-electron chi connectivity index (χ2n) is 6.13. The van der Waals surface area contributed by atoms with Crippen LogP contribution in [-0.2, 0) is 11.8 Å². The molecular weight excluding hydrogens is 280 g/mol. The number of likely N-dealkylation sites (tertiary alicyclic amines) is 1. The van der Waals surface area contributed by atoms with Crippen LogP contribution in [0.4, 0.5) is 0 Å². The molecule has 6 nitrogen and oxygen atoms in total. The quantitative estimate of drug-likeness (QED) is 0.859. The van der Waals surface area contributed by atoms with Gasteiger partial charge in [0, 0.05) is 20.1 Å². The molecule has 1 aliphatic rings. The highest BCUT2D eigenvalue weighted by Gasteiger charge is 2.23. The Morgan fingerprint density at radius 2 is 2.05 bits per heavy atom. The molecule has 1 aromatic rings. The number of carbonyl (C=O) groups is 1. The molecule has 6 heteroatoms. The van der Waals surface area contributed by atoms with Gasteiger partial charge >= 0.3 is 0 Å². The maximum absolute atomic E-state index is 12.3. The van der Waals surface area contributed by atoms with E-state index in [0.29, 0.717) is 0 Å². The zero-order valence-corrected chi connectivity index (χ0v) is 14.2. The molecule has 1 fully saturated rings. The van der Waals surface area contributed by atoms with Gasteiger partial charge in [-0.05, 0) is 52.6 Å². The van der Waals surface area contributed by atoms with E-state index >= 15 is 0 Å². The fourth-order valence-corrected chi connectivity index (χ4v) is 3.01. The molecule has 1 saturated heterocycles. The summed E-state index contributed by atoms with van der Waals surface area (Å²) in [6, 6.07) is 0. The van der Waals surface area contributed by atoms with E-state index in [9.17, 15) is 4.79 Å². The van der Waals surface area contributed by atoms with Crippen molar-refractivity contribution in [2.45, 2.75) is 33.1 Å². The first-order valence-corrected chi connectivity index (χ1v) is 8.08. The summed E-state index contributed by atoms with van der Waals surface area (Å²) in [7, 11) is 3.87. The van der Waals surface area contributed by atoms with E-state index in [1.807, 2.05) is 32.8 Å². The van der Waals surface area contributed by atoms with E-state index in [2.05, 4.69) is 10.4 Å². The van der Waals surface area contributed by atoms with Crippen LogP contribution in [0.3, 0.4) is 0 Å². The number of nitrogens with zero attached hydrogens (tertiary/aromatic N) is 3. The number of aryl methyl sites for hydroxylation is 2. The van der Waals surface area contributed by atoms with Crippen LogP contribution in [0.15, 0.2) is 0 Å². The Hall–Kier alpha value is -1.56. The van der Waals surface area contributed by atoms with E-state index in [0.717, 1.165) is 55.5 Å². The second kappa shape index (κ2) is 7.63. The number of hydrogen-bond donors (Lipinski definition) is 1. The molecule has 0 spiro atoms. The Labute approximate surface area is 132 Å². The highest BCUT2D eigenvalue weighted by atomic mass is 16.5. The third-order valence-electron chi connectivity index (χ3n) is 4.55. The van der Waals surface area contributed by atoms with E-state index in [-0.39, 0.29) is 12.5 Å². The third kappa shape index (κ3) is 4.00. The third-order valence-corrected chi connectivity index (χ3v) is 4.55. The van der Waals surface area contributed by atoms with Gasteiger partial charge < -0.3 is 15.0 Å². The minimum Gasteiger partial charge on any atom is -0.480 e. The number of piperidine rings is 1. The Balaban J connectivity index is 1.79. The topological polar surface area (TPSA) is 59.4 Å². The van der Waals surface area contributed by atoms with Crippen LogP contribution >= 0.6 is 0 Å². The lowest BCUT2D eigenvalue weighted by molar-refractivity contribution is -0.134. The molecule has 2 heterocycles. The number of carbonyl (C=O) groups excluding carboxylic acids is 1. The van der Waals surface area contributed by atoms with E-state index in [4.69, 9.17) is 4.74 Å². The Morgan fingerprint density at radius 1 is 1.36 bits per heavy atom. The Morgan fingerprint density at radius 3 is 2.59 bits per heavy atom. The second-order valence-corrected chi connectivity index (χ2v) is 6.13. The summed E-state index contributed by atoms with van der Waals surface area (Å²) in [5, 5.41) is 7.49. The van der Waals surface area contributed by atoms with E-state index in [1.165, 1.54) is 6.42 Å². The molecular formula is C16H28N4O2. The molecule has 0 saturated carbocycles. The molecule has 124 valence electrons. The van der Waals surface area contributed by atoms with Crippen LogP contribution in [0.25, 0.3) is 0 Å². The zero-order chi connectivity index (χ0) is 16.1. The molecule has 0 aliphatic carbocycles. The van der Waals surface area contributed by atoms with Crippen molar-refractivity contribution in [2.24, 2.45) is 13.0 Å². The summed E-state index contributed by atoms with van der Waals surface area (Å²) in [4.78, 5) is 14.2. The monoisotopic (exact) mass is 308 g/mol. The minimum atomic E-state index is 0.0784. The van der Waals surface area contributed by atoms with Crippen LogP contribution < -0.4 is 10.1 Å². The summed E-state index contributed by atoms with van der Waals surface area (Å²) in [5.41, 5.74) is 1.79. The zero-order valence-electron chi connectivity index (χ0n) is 14.2. The summed E-state index contributed by atoms with van der Waals surface area (Å²) >= 11 is 0. The van der Waals surface area contributed by atoms with Gasteiger partial charge in [0.25, 0.3) is 5.91 Å². The standard InChI is InChI=1S/C16H28N4O2/c1-12-16(13(2)19(4)18-12)22-11-15(21)20-9-6-14(7-10-20)5-8-17-3/h14,17H,5-11H2,1-4H3. The van der Waals surface area contributed by atoms with E-state index in [1.54, 1.807) is 4.68 Å². The number of aromatic nitrogens is 2. The highest BCUT2D eigenvalue weighted by Crippen LogP contribution is 2.22. The molecule has 1 N–H and O–H groups in total. The fraction of sp³-hybridized carbons (Fsp3) is 0.750. The van der Waals surface area contributed by atoms with Crippen LogP contribution in [-0.4, -0.2) is 53.9 Å². The van der Waals surface area contributed by atoms with Gasteiger partial charge in [-0.2, -0.15) is 5.10 Å². The molecule has 22 heavy (non-hydrogen) atoms. The maximum Gasteiger partial charge on any atom is 0.260 e. The highest BCUT2D eigenvalue weighted by molar-refractivity contribution is 5.77. The number of rotatable bonds is 6. The van der Waals surface area contributed by atoms with Gasteiger partial charge in [-0.1, -0.05) is 0 Å². The SMILES string of the molecule is CNCCC1CCN(C(=O)COc2c(C)nn(C)c2C)CC1. The van der Waals surface area contributed by atoms with Gasteiger partial charge in [0.2, 0.25) is 0 Å². The van der Waals surface area contributed by atoms with Crippen molar-refractivity contribution in [3.8, 4) is 5.75 Å². The Bertz CT molecular complexity index is 504. The van der Waals surface area contributed by atoms with Crippen molar-refractivity contribution in [1.29, 1.82) is 0 Å². The van der Waals surface area contributed by atoms with Crippen LogP contribution in [0.5, 0.6) is 5.75 Å². The molecule has 0 aromatic carbocycles. The van der Waals surface area contributed by atoms with Gasteiger partial charge in [-0.3, -0.25) is 9.48 Å². The number of nitrogens with one attached hydrogen (secondary N) is 1. The summed E-state index contributed by atoms with van der Waals surface area (Å²) in [5.74, 6) is 1.55. The first-order chi connectivity index (χ1) is 10.5. The van der Waals surface area contributed by atoms with Crippen LogP contribution in [0, 0.1) is 19.8 Å². The smallest absolute Gasteiger partial charge is 0.260 e. The fourth-order valence-electron chi connectivity index (χ4n) is 3.01. The van der Waals surface area contributed by atoms with Crippen molar-refractivity contribution in [3.05, 3.63) is 11.4 Å². The average molecular weight is 308 g/mol. The number of hydrogen-bond acceptors (Lipinski definition) is 4. The van der Waals surface area contributed by atoms with E-state index < -0.39 is 0 Å². The molecule has 0 atom stereocenters. The molecule has 0 bridgehead atoms. The summed E-state index contributed by atoms with van der Waals surface area (Å²) in [6.45, 7) is 6.71. The molecule has 1 amide bonds. The van der Waals surface area contributed by atoms with Crippen molar-refractivity contribution < 1.29 is 9.53 Å². The normalized spacial score (nSPS) is 16.1. The van der Waals surface area contributed by atoms with Gasteiger partial charge in [0.1, 0.15) is 5.69 Å². The predicted molar refractivity (Wildman–Crippen MR) is 86.0 cm³/mol. The van der Waals surface area contributed by atoms with Gasteiger partial charge in [0.15, 0.2) is 12.4 Å². The lowest BCUT2D eigenvalue weighted by Crippen LogP contribution is -2.41. The summed E-state index contributed by atoms with van der Waals surface area (Å²) < 4.78 is 7.49. The van der Waals surface area contributed by atoms with Gasteiger partial charge in [-0.15, -0.1) is 0 Å². The average Bonchev–Trinajstić information content (AvgIpc) is 2.76. The van der Waals surface area contributed by atoms with Crippen LogP contribution in [0.2, 0.25) is 0 Å². The first kappa shape index (κ1) is 16.8. The molecule has 0 radical (unpaired) electrons. The Kier molecular flexibility index (Phi) is 5.83. The van der Waals surface area contributed by atoms with Crippen molar-refractivity contribution in [3.63, 3.8) is 0 Å². The largest absolute Gasteiger partial charge is 0.480 e. The van der Waals surface area contributed by atoms with Gasteiger partial charge in [0.05, 0.1) is 5.69 Å². The number of amides is 1. The maximum atomic E-state index is 12.3. The van der Waals surface area contributed by atoms with Crippen molar-refractivity contribution >= 4 is 5.91 Å². The lowest BCUT2D eigenvalue weighted by Gasteiger charge is -2.32. The predicted octanol–water partition coefficient (Wildman–Crippen LogP) is 1.26. The van der Waals surface area contributed by atoms with Crippen molar-refractivity contribution in [2.75, 3.05) is 33.3 Å². The lowest BCUT2D eigenvalue weighted by atomic mass is 9.93. The molecule has 1 aliphatic heterocycles. The van der Waals surface area contributed by atoms with Crippen LogP contribution in [0.1, 0.15) is 30.7 Å². The molecule has 0 unspecified atom stereocenters.